The third kappa shape index (κ3) is 2.07. The molecule has 0 saturated carbocycles. The smallest absolute Gasteiger partial charge is 0.00434 e. The van der Waals surface area contributed by atoms with E-state index < -0.39 is 0 Å². The van der Waals surface area contributed by atoms with E-state index in [1.807, 2.05) is 0 Å². The van der Waals surface area contributed by atoms with Crippen LogP contribution in [0.5, 0.6) is 0 Å². The van der Waals surface area contributed by atoms with Gasteiger partial charge in [-0.3, -0.25) is 0 Å². The Balaban J connectivity index is 2.72. The minimum atomic E-state index is 0.625. The quantitative estimate of drug-likeness (QED) is 0.709. The Morgan fingerprint density at radius 3 is 2.08 bits per heavy atom. The Bertz CT molecular complexity index is 145. The van der Waals surface area contributed by atoms with Gasteiger partial charge in [0.05, 0.1) is 0 Å². The molecule has 1 fully saturated rings. The third-order valence-electron chi connectivity index (χ3n) is 4.28. The molecule has 1 saturated heterocycles. The second-order valence-electron chi connectivity index (χ2n) is 4.95. The average molecular weight is 183 g/mol. The van der Waals surface area contributed by atoms with Crippen LogP contribution >= 0.6 is 0 Å². The number of rotatable bonds is 3. The summed E-state index contributed by atoms with van der Waals surface area (Å²) in [5, 5.41) is 3.47. The van der Waals surface area contributed by atoms with Gasteiger partial charge in [0.1, 0.15) is 0 Å². The Labute approximate surface area is 83.3 Å². The van der Waals surface area contributed by atoms with Crippen molar-refractivity contribution in [3.05, 3.63) is 0 Å². The van der Waals surface area contributed by atoms with Gasteiger partial charge in [0, 0.05) is 0 Å². The molecule has 1 heterocycles. The molecule has 0 radical (unpaired) electrons. The highest BCUT2D eigenvalue weighted by atomic mass is 14.9. The highest BCUT2D eigenvalue weighted by Crippen LogP contribution is 2.44. The highest BCUT2D eigenvalue weighted by molar-refractivity contribution is 4.90. The molecule has 1 nitrogen and oxygen atoms in total. The Morgan fingerprint density at radius 2 is 1.69 bits per heavy atom. The Kier molecular flexibility index (Phi) is 3.78. The number of hydrogen-bond acceptors (Lipinski definition) is 1. The van der Waals surface area contributed by atoms with Gasteiger partial charge in [0.15, 0.2) is 0 Å². The molecular formula is C12H25N. The molecule has 0 aliphatic carbocycles. The average Bonchev–Trinajstić information content (AvgIpc) is 2.17. The van der Waals surface area contributed by atoms with E-state index in [1.54, 1.807) is 0 Å². The van der Waals surface area contributed by atoms with Gasteiger partial charge in [-0.05, 0) is 43.2 Å². The molecule has 1 aliphatic heterocycles. The van der Waals surface area contributed by atoms with Crippen molar-refractivity contribution in [3.8, 4) is 0 Å². The molecule has 1 heteroatoms. The summed E-state index contributed by atoms with van der Waals surface area (Å²) in [6.07, 6.45) is 4.08. The monoisotopic (exact) mass is 183 g/mol. The minimum absolute atomic E-state index is 0.625. The SMILES string of the molecule is CCC(C)C1(C(C)C)CCNCC1. The number of piperidine rings is 1. The van der Waals surface area contributed by atoms with Crippen molar-refractivity contribution >= 4 is 0 Å². The topological polar surface area (TPSA) is 12.0 Å². The highest BCUT2D eigenvalue weighted by Gasteiger charge is 2.38. The van der Waals surface area contributed by atoms with E-state index in [0.29, 0.717) is 5.41 Å². The summed E-state index contributed by atoms with van der Waals surface area (Å²) in [5.41, 5.74) is 0.625. The maximum atomic E-state index is 3.47. The maximum absolute atomic E-state index is 3.47. The summed E-state index contributed by atoms with van der Waals surface area (Å²) < 4.78 is 0. The molecule has 1 atom stereocenters. The van der Waals surface area contributed by atoms with Crippen molar-refractivity contribution < 1.29 is 0 Å². The van der Waals surface area contributed by atoms with Crippen LogP contribution in [0.2, 0.25) is 0 Å². The number of nitrogens with one attached hydrogen (secondary N) is 1. The molecule has 0 amide bonds. The van der Waals surface area contributed by atoms with Crippen molar-refractivity contribution in [3.63, 3.8) is 0 Å². The number of hydrogen-bond donors (Lipinski definition) is 1. The Hall–Kier alpha value is -0.0400. The van der Waals surface area contributed by atoms with Gasteiger partial charge in [-0.1, -0.05) is 34.1 Å². The van der Waals surface area contributed by atoms with Crippen LogP contribution in [0.4, 0.5) is 0 Å². The van der Waals surface area contributed by atoms with Crippen LogP contribution in [0.1, 0.15) is 47.0 Å². The second kappa shape index (κ2) is 4.45. The minimum Gasteiger partial charge on any atom is -0.317 e. The first-order valence-electron chi connectivity index (χ1n) is 5.84. The van der Waals surface area contributed by atoms with Crippen LogP contribution in [0.15, 0.2) is 0 Å². The predicted octanol–water partition coefficient (Wildman–Crippen LogP) is 3.06. The molecular weight excluding hydrogens is 158 g/mol. The lowest BCUT2D eigenvalue weighted by molar-refractivity contribution is 0.0552. The third-order valence-corrected chi connectivity index (χ3v) is 4.28. The molecule has 1 rings (SSSR count). The van der Waals surface area contributed by atoms with Crippen molar-refractivity contribution in [2.24, 2.45) is 17.3 Å². The van der Waals surface area contributed by atoms with E-state index in [-0.39, 0.29) is 0 Å². The van der Waals surface area contributed by atoms with Gasteiger partial charge < -0.3 is 5.32 Å². The maximum Gasteiger partial charge on any atom is -0.00434 e. The van der Waals surface area contributed by atoms with Crippen LogP contribution in [0.25, 0.3) is 0 Å². The molecule has 0 aromatic carbocycles. The molecule has 13 heavy (non-hydrogen) atoms. The fourth-order valence-electron chi connectivity index (χ4n) is 2.94. The van der Waals surface area contributed by atoms with Crippen LogP contribution in [0.3, 0.4) is 0 Å². The second-order valence-corrected chi connectivity index (χ2v) is 4.95. The predicted molar refractivity (Wildman–Crippen MR) is 58.8 cm³/mol. The summed E-state index contributed by atoms with van der Waals surface area (Å²) in [6, 6.07) is 0. The first kappa shape index (κ1) is 11.0. The normalized spacial score (nSPS) is 24.7. The fourth-order valence-corrected chi connectivity index (χ4v) is 2.94. The molecule has 0 aromatic rings. The van der Waals surface area contributed by atoms with E-state index in [2.05, 4.69) is 33.0 Å². The summed E-state index contributed by atoms with van der Waals surface area (Å²) in [5.74, 6) is 1.72. The first-order valence-corrected chi connectivity index (χ1v) is 5.84. The van der Waals surface area contributed by atoms with Crippen molar-refractivity contribution in [1.82, 2.24) is 5.32 Å². The fraction of sp³-hybridized carbons (Fsp3) is 1.00. The van der Waals surface area contributed by atoms with Crippen molar-refractivity contribution in [2.75, 3.05) is 13.1 Å². The van der Waals surface area contributed by atoms with Crippen molar-refractivity contribution in [1.29, 1.82) is 0 Å². The van der Waals surface area contributed by atoms with Crippen LogP contribution in [0, 0.1) is 17.3 Å². The van der Waals surface area contributed by atoms with Gasteiger partial charge >= 0.3 is 0 Å². The van der Waals surface area contributed by atoms with E-state index in [9.17, 15) is 0 Å². The lowest BCUT2D eigenvalue weighted by Gasteiger charge is -2.46. The summed E-state index contributed by atoms with van der Waals surface area (Å²) in [4.78, 5) is 0. The van der Waals surface area contributed by atoms with E-state index >= 15 is 0 Å². The van der Waals surface area contributed by atoms with E-state index in [4.69, 9.17) is 0 Å². The van der Waals surface area contributed by atoms with Crippen molar-refractivity contribution in [2.45, 2.75) is 47.0 Å². The molecule has 0 bridgehead atoms. The molecule has 0 aromatic heterocycles. The van der Waals surface area contributed by atoms with E-state index in [1.165, 1.54) is 32.4 Å². The van der Waals surface area contributed by atoms with Gasteiger partial charge in [0.25, 0.3) is 0 Å². The zero-order chi connectivity index (χ0) is 9.90. The lowest BCUT2D eigenvalue weighted by Crippen LogP contribution is -2.44. The molecule has 1 unspecified atom stereocenters. The zero-order valence-electron chi connectivity index (χ0n) is 9.69. The summed E-state index contributed by atoms with van der Waals surface area (Å²) in [6.45, 7) is 12.0. The molecule has 1 N–H and O–H groups in total. The van der Waals surface area contributed by atoms with Gasteiger partial charge in [-0.15, -0.1) is 0 Å². The summed E-state index contributed by atoms with van der Waals surface area (Å²) >= 11 is 0. The largest absolute Gasteiger partial charge is 0.317 e. The van der Waals surface area contributed by atoms with Crippen LogP contribution in [-0.4, -0.2) is 13.1 Å². The van der Waals surface area contributed by atoms with Gasteiger partial charge in [-0.25, -0.2) is 0 Å². The van der Waals surface area contributed by atoms with Gasteiger partial charge in [-0.2, -0.15) is 0 Å². The molecule has 0 spiro atoms. The zero-order valence-corrected chi connectivity index (χ0v) is 9.69. The Morgan fingerprint density at radius 1 is 1.15 bits per heavy atom. The summed E-state index contributed by atoms with van der Waals surface area (Å²) in [7, 11) is 0. The van der Waals surface area contributed by atoms with E-state index in [0.717, 1.165) is 11.8 Å². The van der Waals surface area contributed by atoms with Crippen LogP contribution < -0.4 is 5.32 Å². The van der Waals surface area contributed by atoms with Gasteiger partial charge in [0.2, 0.25) is 0 Å². The molecule has 1 aliphatic rings. The molecule has 78 valence electrons. The first-order chi connectivity index (χ1) is 6.13. The lowest BCUT2D eigenvalue weighted by atomic mass is 9.62. The standard InChI is InChI=1S/C12H25N/c1-5-11(4)12(10(2)3)6-8-13-9-7-12/h10-11,13H,5-9H2,1-4H3. The van der Waals surface area contributed by atoms with Crippen LogP contribution in [-0.2, 0) is 0 Å².